The third-order valence-corrected chi connectivity index (χ3v) is 5.65. The maximum Gasteiger partial charge on any atom is 0.270 e. The van der Waals surface area contributed by atoms with E-state index in [-0.39, 0.29) is 5.91 Å². The monoisotopic (exact) mass is 403 g/mol. The number of amides is 1. The number of fused-ring (bicyclic) bond motifs is 1. The molecule has 3 aromatic carbocycles. The van der Waals surface area contributed by atoms with E-state index in [0.29, 0.717) is 15.8 Å². The molecule has 0 N–H and O–H groups in total. The van der Waals surface area contributed by atoms with Crippen LogP contribution in [0.5, 0.6) is 5.75 Å². The number of ether oxygens (including phenoxy) is 1. The molecule has 1 saturated heterocycles. The molecule has 1 aliphatic heterocycles. The molecule has 1 fully saturated rings. The minimum atomic E-state index is -0.0988. The van der Waals surface area contributed by atoms with Crippen molar-refractivity contribution < 1.29 is 9.53 Å². The zero-order chi connectivity index (χ0) is 19.5. The summed E-state index contributed by atoms with van der Waals surface area (Å²) in [6.07, 6.45) is 3.56. The highest BCUT2D eigenvalue weighted by atomic mass is 32.2. The Morgan fingerprint density at radius 2 is 1.79 bits per heavy atom. The fraction of sp³-hybridized carbons (Fsp3) is 0.0435. The van der Waals surface area contributed by atoms with E-state index in [0.717, 1.165) is 27.8 Å². The zero-order valence-electron chi connectivity index (χ0n) is 15.0. The Kier molecular flexibility index (Phi) is 5.28. The van der Waals surface area contributed by atoms with Gasteiger partial charge >= 0.3 is 0 Å². The van der Waals surface area contributed by atoms with Crippen LogP contribution in [0.25, 0.3) is 16.8 Å². The first-order chi connectivity index (χ1) is 13.7. The van der Waals surface area contributed by atoms with Gasteiger partial charge in [0.2, 0.25) is 0 Å². The van der Waals surface area contributed by atoms with Crippen molar-refractivity contribution in [3.05, 3.63) is 89.9 Å². The Morgan fingerprint density at radius 1 is 1.04 bits per heavy atom. The first kappa shape index (κ1) is 18.5. The molecule has 5 heteroatoms. The van der Waals surface area contributed by atoms with Crippen molar-refractivity contribution in [1.29, 1.82) is 0 Å². The van der Waals surface area contributed by atoms with Gasteiger partial charge in [-0.2, -0.15) is 0 Å². The summed E-state index contributed by atoms with van der Waals surface area (Å²) in [5.74, 6) is 0.665. The van der Waals surface area contributed by atoms with E-state index in [1.807, 2.05) is 72.8 Å². The minimum absolute atomic E-state index is 0.0988. The lowest BCUT2D eigenvalue weighted by Crippen LogP contribution is -2.27. The molecule has 28 heavy (non-hydrogen) atoms. The van der Waals surface area contributed by atoms with Crippen molar-refractivity contribution >= 4 is 56.7 Å². The summed E-state index contributed by atoms with van der Waals surface area (Å²) < 4.78 is 6.03. The minimum Gasteiger partial charge on any atom is -0.490 e. The summed E-state index contributed by atoms with van der Waals surface area (Å²) >= 11 is 6.84. The van der Waals surface area contributed by atoms with Crippen LogP contribution in [0.1, 0.15) is 5.56 Å². The molecule has 3 aromatic rings. The first-order valence-electron chi connectivity index (χ1n) is 8.77. The topological polar surface area (TPSA) is 29.5 Å². The average molecular weight is 404 g/mol. The van der Waals surface area contributed by atoms with Crippen LogP contribution in [0.15, 0.2) is 84.3 Å². The second-order valence-electron chi connectivity index (χ2n) is 6.18. The first-order valence-corrected chi connectivity index (χ1v) is 9.99. The SMILES string of the molecule is C=CCOc1ccc(/C=C2\SC(=S)N(c3cccc4ccccc34)C2=O)cc1. The Morgan fingerprint density at radius 3 is 2.57 bits per heavy atom. The maximum atomic E-state index is 13.1. The summed E-state index contributed by atoms with van der Waals surface area (Å²) in [7, 11) is 0. The molecule has 0 bridgehead atoms. The van der Waals surface area contributed by atoms with Crippen molar-refractivity contribution in [2.24, 2.45) is 0 Å². The van der Waals surface area contributed by atoms with Crippen LogP contribution in [0.3, 0.4) is 0 Å². The van der Waals surface area contributed by atoms with E-state index in [1.165, 1.54) is 11.8 Å². The molecule has 1 aliphatic rings. The predicted molar refractivity (Wildman–Crippen MR) is 122 cm³/mol. The second kappa shape index (κ2) is 8.00. The molecule has 1 heterocycles. The molecular weight excluding hydrogens is 386 g/mol. The van der Waals surface area contributed by atoms with E-state index in [2.05, 4.69) is 6.58 Å². The summed E-state index contributed by atoms with van der Waals surface area (Å²) in [4.78, 5) is 15.3. The van der Waals surface area contributed by atoms with Crippen LogP contribution in [0.2, 0.25) is 0 Å². The normalized spacial score (nSPS) is 15.4. The molecule has 138 valence electrons. The maximum absolute atomic E-state index is 13.1. The zero-order valence-corrected chi connectivity index (χ0v) is 16.6. The lowest BCUT2D eigenvalue weighted by molar-refractivity contribution is -0.113. The van der Waals surface area contributed by atoms with Crippen LogP contribution in [-0.4, -0.2) is 16.8 Å². The lowest BCUT2D eigenvalue weighted by Gasteiger charge is -2.17. The number of benzene rings is 3. The molecule has 4 rings (SSSR count). The van der Waals surface area contributed by atoms with E-state index in [9.17, 15) is 4.79 Å². The van der Waals surface area contributed by atoms with Crippen molar-refractivity contribution in [2.45, 2.75) is 0 Å². The number of carbonyl (C=O) groups excluding carboxylic acids is 1. The molecule has 0 spiro atoms. The number of anilines is 1. The Hall–Kier alpha value is -2.89. The number of hydrogen-bond donors (Lipinski definition) is 0. The van der Waals surface area contributed by atoms with Crippen LogP contribution < -0.4 is 9.64 Å². The summed E-state index contributed by atoms with van der Waals surface area (Å²) in [6, 6.07) is 21.5. The number of rotatable bonds is 5. The van der Waals surface area contributed by atoms with E-state index in [1.54, 1.807) is 11.0 Å². The van der Waals surface area contributed by atoms with Crippen LogP contribution in [-0.2, 0) is 4.79 Å². The standard InChI is InChI=1S/C23H17NO2S2/c1-2-14-26-18-12-10-16(11-13-18)15-21-22(25)24(23(27)28-21)20-9-5-7-17-6-3-4-8-19(17)20/h2-13,15H,1,14H2/b21-15-. The van der Waals surface area contributed by atoms with Gasteiger partial charge in [-0.1, -0.05) is 85.2 Å². The van der Waals surface area contributed by atoms with Gasteiger partial charge in [-0.05, 0) is 35.2 Å². The molecule has 3 nitrogen and oxygen atoms in total. The molecule has 0 saturated carbocycles. The fourth-order valence-corrected chi connectivity index (χ4v) is 4.33. The molecule has 0 aliphatic carbocycles. The molecular formula is C23H17NO2S2. The van der Waals surface area contributed by atoms with Crippen molar-refractivity contribution in [3.63, 3.8) is 0 Å². The summed E-state index contributed by atoms with van der Waals surface area (Å²) in [5, 5.41) is 2.08. The number of thiocarbonyl (C=S) groups is 1. The predicted octanol–water partition coefficient (Wildman–Crippen LogP) is 5.81. The second-order valence-corrected chi connectivity index (χ2v) is 7.86. The van der Waals surface area contributed by atoms with Crippen LogP contribution in [0, 0.1) is 0 Å². The van der Waals surface area contributed by atoms with Gasteiger partial charge in [-0.15, -0.1) is 0 Å². The summed E-state index contributed by atoms with van der Waals surface area (Å²) in [5.41, 5.74) is 1.74. The van der Waals surface area contributed by atoms with Crippen molar-refractivity contribution in [1.82, 2.24) is 0 Å². The quantitative estimate of drug-likeness (QED) is 0.305. The largest absolute Gasteiger partial charge is 0.490 e. The average Bonchev–Trinajstić information content (AvgIpc) is 3.00. The number of carbonyl (C=O) groups is 1. The van der Waals surface area contributed by atoms with E-state index < -0.39 is 0 Å². The molecule has 1 amide bonds. The lowest BCUT2D eigenvalue weighted by atomic mass is 10.1. The molecule has 0 aromatic heterocycles. The van der Waals surface area contributed by atoms with Crippen LogP contribution in [0.4, 0.5) is 5.69 Å². The van der Waals surface area contributed by atoms with E-state index >= 15 is 0 Å². The van der Waals surface area contributed by atoms with Gasteiger partial charge in [0.05, 0.1) is 10.6 Å². The van der Waals surface area contributed by atoms with Gasteiger partial charge < -0.3 is 4.74 Å². The summed E-state index contributed by atoms with van der Waals surface area (Å²) in [6.45, 7) is 4.10. The van der Waals surface area contributed by atoms with Crippen molar-refractivity contribution in [3.8, 4) is 5.75 Å². The Bertz CT molecular complexity index is 1100. The smallest absolute Gasteiger partial charge is 0.270 e. The number of hydrogen-bond acceptors (Lipinski definition) is 4. The third-order valence-electron chi connectivity index (χ3n) is 4.35. The highest BCUT2D eigenvalue weighted by Gasteiger charge is 2.34. The van der Waals surface area contributed by atoms with Crippen LogP contribution >= 0.6 is 24.0 Å². The molecule has 0 radical (unpaired) electrons. The molecule has 0 unspecified atom stereocenters. The van der Waals surface area contributed by atoms with Gasteiger partial charge in [0.15, 0.2) is 4.32 Å². The Balaban J connectivity index is 1.63. The number of nitrogens with zero attached hydrogens (tertiary/aromatic N) is 1. The highest BCUT2D eigenvalue weighted by molar-refractivity contribution is 8.27. The third kappa shape index (κ3) is 3.59. The van der Waals surface area contributed by atoms with E-state index in [4.69, 9.17) is 17.0 Å². The van der Waals surface area contributed by atoms with Gasteiger partial charge in [0.1, 0.15) is 12.4 Å². The van der Waals surface area contributed by atoms with Gasteiger partial charge in [-0.3, -0.25) is 9.69 Å². The number of thioether (sulfide) groups is 1. The van der Waals surface area contributed by atoms with Gasteiger partial charge in [0, 0.05) is 5.39 Å². The molecule has 0 atom stereocenters. The highest BCUT2D eigenvalue weighted by Crippen LogP contribution is 2.38. The fourth-order valence-electron chi connectivity index (χ4n) is 3.05. The Labute approximate surface area is 173 Å². The van der Waals surface area contributed by atoms with Gasteiger partial charge in [0.25, 0.3) is 5.91 Å². The van der Waals surface area contributed by atoms with Gasteiger partial charge in [-0.25, -0.2) is 0 Å². The van der Waals surface area contributed by atoms with Crippen molar-refractivity contribution in [2.75, 3.05) is 11.5 Å².